The summed E-state index contributed by atoms with van der Waals surface area (Å²) in [4.78, 5) is 6.00. The van der Waals surface area contributed by atoms with E-state index in [-0.39, 0.29) is 6.61 Å². The Kier molecular flexibility index (Phi) is 5.20. The maximum absolute atomic E-state index is 8.91. The maximum atomic E-state index is 8.91. The highest BCUT2D eigenvalue weighted by Gasteiger charge is 2.07. The number of hydrogen-bond acceptors (Lipinski definition) is 4. The molecule has 0 atom stereocenters. The van der Waals surface area contributed by atoms with E-state index in [4.69, 9.17) is 10.4 Å². The van der Waals surface area contributed by atoms with Crippen molar-refractivity contribution in [1.82, 2.24) is 9.88 Å². The zero-order valence-corrected chi connectivity index (χ0v) is 9.13. The van der Waals surface area contributed by atoms with Gasteiger partial charge in [0.25, 0.3) is 0 Å². The van der Waals surface area contributed by atoms with E-state index in [9.17, 15) is 0 Å². The summed E-state index contributed by atoms with van der Waals surface area (Å²) in [6.07, 6.45) is 3.38. The van der Waals surface area contributed by atoms with Gasteiger partial charge in [-0.1, -0.05) is 12.1 Å². The fraction of sp³-hybridized carbons (Fsp3) is 0.333. The molecule has 16 heavy (non-hydrogen) atoms. The fourth-order valence-electron chi connectivity index (χ4n) is 1.47. The fourth-order valence-corrected chi connectivity index (χ4v) is 1.47. The second kappa shape index (κ2) is 6.72. The Hall–Kier alpha value is -1.70. The summed E-state index contributed by atoms with van der Waals surface area (Å²) in [5.41, 5.74) is 1.31. The van der Waals surface area contributed by atoms with Gasteiger partial charge < -0.3 is 5.11 Å². The van der Waals surface area contributed by atoms with Gasteiger partial charge in [0.2, 0.25) is 0 Å². The number of pyridine rings is 1. The molecule has 0 bridgehead atoms. The molecule has 1 heterocycles. The molecule has 0 aromatic carbocycles. The lowest BCUT2D eigenvalue weighted by Gasteiger charge is -2.19. The number of nitriles is 1. The van der Waals surface area contributed by atoms with Crippen LogP contribution in [0.4, 0.5) is 0 Å². The van der Waals surface area contributed by atoms with Gasteiger partial charge in [-0.15, -0.1) is 6.58 Å². The highest BCUT2D eigenvalue weighted by molar-refractivity contribution is 5.30. The lowest BCUT2D eigenvalue weighted by Crippen LogP contribution is -2.27. The molecule has 0 saturated carbocycles. The van der Waals surface area contributed by atoms with Crippen LogP contribution in [0, 0.1) is 11.3 Å². The lowest BCUT2D eigenvalue weighted by atomic mass is 10.2. The normalized spacial score (nSPS) is 10.1. The summed E-state index contributed by atoms with van der Waals surface area (Å²) in [5, 5.41) is 17.8. The number of rotatable bonds is 6. The smallest absolute Gasteiger partial charge is 0.144 e. The summed E-state index contributed by atoms with van der Waals surface area (Å²) < 4.78 is 0. The van der Waals surface area contributed by atoms with Gasteiger partial charge in [-0.2, -0.15) is 5.26 Å². The van der Waals surface area contributed by atoms with Gasteiger partial charge in [0.15, 0.2) is 0 Å². The molecule has 0 aliphatic rings. The van der Waals surface area contributed by atoms with Crippen molar-refractivity contribution < 1.29 is 5.11 Å². The minimum atomic E-state index is 0.0932. The molecule has 4 nitrogen and oxygen atoms in total. The predicted octanol–water partition coefficient (Wildman–Crippen LogP) is 0.934. The molecule has 1 aromatic rings. The summed E-state index contributed by atoms with van der Waals surface area (Å²) in [7, 11) is 0. The highest BCUT2D eigenvalue weighted by atomic mass is 16.3. The van der Waals surface area contributed by atoms with Crippen molar-refractivity contribution in [2.24, 2.45) is 0 Å². The first-order chi connectivity index (χ1) is 7.81. The van der Waals surface area contributed by atoms with Crippen LogP contribution in [-0.2, 0) is 6.54 Å². The quantitative estimate of drug-likeness (QED) is 0.720. The maximum Gasteiger partial charge on any atom is 0.144 e. The van der Waals surface area contributed by atoms with Crippen LogP contribution >= 0.6 is 0 Å². The Morgan fingerprint density at radius 1 is 1.62 bits per heavy atom. The van der Waals surface area contributed by atoms with Gasteiger partial charge in [-0.25, -0.2) is 4.98 Å². The third-order valence-electron chi connectivity index (χ3n) is 2.19. The molecule has 0 fully saturated rings. The third kappa shape index (κ3) is 3.46. The van der Waals surface area contributed by atoms with Gasteiger partial charge in [0.05, 0.1) is 6.61 Å². The van der Waals surface area contributed by atoms with Crippen LogP contribution in [0.25, 0.3) is 0 Å². The molecule has 84 valence electrons. The number of aromatic nitrogens is 1. The SMILES string of the molecule is C=CCN(CCO)Cc1cccnc1C#N. The number of aliphatic hydroxyl groups excluding tert-OH is 1. The van der Waals surface area contributed by atoms with Crippen LogP contribution in [-0.4, -0.2) is 34.7 Å². The van der Waals surface area contributed by atoms with Crippen molar-refractivity contribution in [2.45, 2.75) is 6.54 Å². The third-order valence-corrected chi connectivity index (χ3v) is 2.19. The molecule has 1 rings (SSSR count). The van der Waals surface area contributed by atoms with Crippen LogP contribution in [0.1, 0.15) is 11.3 Å². The Balaban J connectivity index is 2.76. The summed E-state index contributed by atoms with van der Waals surface area (Å²) in [5.74, 6) is 0. The molecule has 0 aliphatic heterocycles. The van der Waals surface area contributed by atoms with Crippen molar-refractivity contribution in [2.75, 3.05) is 19.7 Å². The Bertz CT molecular complexity index is 384. The van der Waals surface area contributed by atoms with E-state index in [2.05, 4.69) is 17.6 Å². The Morgan fingerprint density at radius 3 is 3.06 bits per heavy atom. The molecule has 0 saturated heterocycles. The van der Waals surface area contributed by atoms with Gasteiger partial charge in [-0.3, -0.25) is 4.90 Å². The first-order valence-corrected chi connectivity index (χ1v) is 5.10. The monoisotopic (exact) mass is 217 g/mol. The topological polar surface area (TPSA) is 60.1 Å². The number of aliphatic hydroxyl groups is 1. The minimum absolute atomic E-state index is 0.0932. The van der Waals surface area contributed by atoms with E-state index in [1.165, 1.54) is 0 Å². The first kappa shape index (κ1) is 12.4. The molecule has 0 spiro atoms. The Morgan fingerprint density at radius 2 is 2.44 bits per heavy atom. The average Bonchev–Trinajstić information content (AvgIpc) is 2.30. The molecular weight excluding hydrogens is 202 g/mol. The summed E-state index contributed by atoms with van der Waals surface area (Å²) in [6, 6.07) is 5.74. The van der Waals surface area contributed by atoms with Crippen molar-refractivity contribution >= 4 is 0 Å². The summed E-state index contributed by atoms with van der Waals surface area (Å²) in [6.45, 7) is 5.60. The van der Waals surface area contributed by atoms with Gasteiger partial charge >= 0.3 is 0 Å². The van der Waals surface area contributed by atoms with Crippen molar-refractivity contribution in [1.29, 1.82) is 5.26 Å². The second-order valence-electron chi connectivity index (χ2n) is 3.37. The van der Waals surface area contributed by atoms with Crippen LogP contribution in [0.3, 0.4) is 0 Å². The van der Waals surface area contributed by atoms with E-state index in [1.807, 2.05) is 11.0 Å². The molecular formula is C12H15N3O. The lowest BCUT2D eigenvalue weighted by molar-refractivity contribution is 0.203. The van der Waals surface area contributed by atoms with E-state index in [0.29, 0.717) is 25.3 Å². The van der Waals surface area contributed by atoms with Gasteiger partial charge in [-0.05, 0) is 6.07 Å². The Labute approximate surface area is 95.5 Å². The molecule has 1 N–H and O–H groups in total. The van der Waals surface area contributed by atoms with Gasteiger partial charge in [0.1, 0.15) is 11.8 Å². The van der Waals surface area contributed by atoms with Crippen LogP contribution in [0.5, 0.6) is 0 Å². The minimum Gasteiger partial charge on any atom is -0.395 e. The predicted molar refractivity (Wildman–Crippen MR) is 61.5 cm³/mol. The molecule has 0 radical (unpaired) electrons. The zero-order valence-electron chi connectivity index (χ0n) is 9.13. The highest BCUT2D eigenvalue weighted by Crippen LogP contribution is 2.07. The average molecular weight is 217 g/mol. The van der Waals surface area contributed by atoms with Crippen LogP contribution < -0.4 is 0 Å². The van der Waals surface area contributed by atoms with E-state index in [1.54, 1.807) is 18.3 Å². The molecule has 0 aliphatic carbocycles. The second-order valence-corrected chi connectivity index (χ2v) is 3.37. The van der Waals surface area contributed by atoms with E-state index < -0.39 is 0 Å². The zero-order chi connectivity index (χ0) is 11.8. The van der Waals surface area contributed by atoms with E-state index in [0.717, 1.165) is 5.56 Å². The van der Waals surface area contributed by atoms with E-state index >= 15 is 0 Å². The largest absolute Gasteiger partial charge is 0.395 e. The van der Waals surface area contributed by atoms with Crippen LogP contribution in [0.2, 0.25) is 0 Å². The number of nitrogens with zero attached hydrogens (tertiary/aromatic N) is 3. The van der Waals surface area contributed by atoms with Crippen LogP contribution in [0.15, 0.2) is 31.0 Å². The molecule has 4 heteroatoms. The standard InChI is InChI=1S/C12H15N3O/c1-2-6-15(7-8-16)10-11-4-3-5-14-12(11)9-13/h2-5,16H,1,6-8,10H2. The summed E-state index contributed by atoms with van der Waals surface area (Å²) >= 11 is 0. The van der Waals surface area contributed by atoms with Crippen molar-refractivity contribution in [3.05, 3.63) is 42.2 Å². The van der Waals surface area contributed by atoms with Crippen molar-refractivity contribution in [3.8, 4) is 6.07 Å². The first-order valence-electron chi connectivity index (χ1n) is 5.10. The number of hydrogen-bond donors (Lipinski definition) is 1. The van der Waals surface area contributed by atoms with Gasteiger partial charge in [0, 0.05) is 31.4 Å². The molecule has 0 unspecified atom stereocenters. The van der Waals surface area contributed by atoms with Crippen molar-refractivity contribution in [3.63, 3.8) is 0 Å². The molecule has 0 amide bonds. The molecule has 1 aromatic heterocycles.